The van der Waals surface area contributed by atoms with Gasteiger partial charge in [-0.2, -0.15) is 0 Å². The van der Waals surface area contributed by atoms with Crippen LogP contribution >= 0.6 is 0 Å². The van der Waals surface area contributed by atoms with Crippen molar-refractivity contribution in [2.45, 2.75) is 34.1 Å². The highest BCUT2D eigenvalue weighted by Gasteiger charge is 2.25. The molecule has 1 aliphatic carbocycles. The first-order valence-electron chi connectivity index (χ1n) is 5.36. The molecular formula is C12H22O3. The summed E-state index contributed by atoms with van der Waals surface area (Å²) in [5, 5.41) is 16.5. The Morgan fingerprint density at radius 1 is 1.53 bits per heavy atom. The molecule has 3 heteroatoms. The van der Waals surface area contributed by atoms with Gasteiger partial charge in [0.1, 0.15) is 0 Å². The number of aliphatic hydroxyl groups is 1. The molecule has 1 aliphatic rings. The van der Waals surface area contributed by atoms with Crippen molar-refractivity contribution >= 4 is 5.97 Å². The van der Waals surface area contributed by atoms with Crippen LogP contribution in [0.1, 0.15) is 34.1 Å². The normalized spacial score (nSPS) is 29.9. The molecule has 1 rings (SSSR count). The third-order valence-corrected chi connectivity index (χ3v) is 2.81. The molecule has 3 unspecified atom stereocenters. The quantitative estimate of drug-likeness (QED) is 0.658. The summed E-state index contributed by atoms with van der Waals surface area (Å²) in [5.74, 6) is 0.863. The van der Waals surface area contributed by atoms with E-state index in [4.69, 9.17) is 15.0 Å². The topological polar surface area (TPSA) is 57.5 Å². The van der Waals surface area contributed by atoms with Crippen molar-refractivity contribution in [2.75, 3.05) is 6.61 Å². The second kappa shape index (κ2) is 6.62. The summed E-state index contributed by atoms with van der Waals surface area (Å²) in [7, 11) is 0. The molecule has 0 aliphatic heterocycles. The Labute approximate surface area is 91.8 Å². The van der Waals surface area contributed by atoms with Gasteiger partial charge in [-0.05, 0) is 31.1 Å². The van der Waals surface area contributed by atoms with Crippen LogP contribution < -0.4 is 0 Å². The highest BCUT2D eigenvalue weighted by atomic mass is 16.4. The van der Waals surface area contributed by atoms with Crippen molar-refractivity contribution in [2.24, 2.45) is 17.8 Å². The van der Waals surface area contributed by atoms with Gasteiger partial charge in [-0.1, -0.05) is 25.5 Å². The average Bonchev–Trinajstić information content (AvgIpc) is 2.01. The van der Waals surface area contributed by atoms with E-state index >= 15 is 0 Å². The van der Waals surface area contributed by atoms with Crippen molar-refractivity contribution in [3.8, 4) is 0 Å². The van der Waals surface area contributed by atoms with E-state index in [0.29, 0.717) is 24.4 Å². The molecule has 0 bridgehead atoms. The monoisotopic (exact) mass is 214 g/mol. The fraction of sp³-hybridized carbons (Fsp3) is 0.750. The van der Waals surface area contributed by atoms with Crippen molar-refractivity contribution in [3.05, 3.63) is 11.6 Å². The molecule has 3 nitrogen and oxygen atoms in total. The van der Waals surface area contributed by atoms with Crippen LogP contribution in [0.3, 0.4) is 0 Å². The van der Waals surface area contributed by atoms with Crippen molar-refractivity contribution in [1.29, 1.82) is 0 Å². The van der Waals surface area contributed by atoms with Gasteiger partial charge in [0.05, 0.1) is 0 Å². The second-order valence-corrected chi connectivity index (χ2v) is 4.42. The maximum atomic E-state index is 9.09. The predicted molar refractivity (Wildman–Crippen MR) is 60.6 cm³/mol. The molecule has 0 amide bonds. The third-order valence-electron chi connectivity index (χ3n) is 2.81. The zero-order valence-electron chi connectivity index (χ0n) is 10.0. The molecule has 0 spiro atoms. The Hall–Kier alpha value is -0.830. The van der Waals surface area contributed by atoms with E-state index in [9.17, 15) is 0 Å². The van der Waals surface area contributed by atoms with Gasteiger partial charge < -0.3 is 10.2 Å². The number of carboxylic acids is 1. The maximum absolute atomic E-state index is 9.09. The van der Waals surface area contributed by atoms with Gasteiger partial charge in [0.25, 0.3) is 5.97 Å². The zero-order chi connectivity index (χ0) is 12.0. The Morgan fingerprint density at radius 2 is 2.00 bits per heavy atom. The van der Waals surface area contributed by atoms with E-state index in [2.05, 4.69) is 26.8 Å². The molecule has 0 fully saturated rings. The van der Waals surface area contributed by atoms with E-state index in [1.54, 1.807) is 0 Å². The SMILES string of the molecule is CC(=O)O.CC1=CC(C)C(CO)C(C)C1. The number of hydrogen-bond donors (Lipinski definition) is 2. The van der Waals surface area contributed by atoms with Crippen LogP contribution in [0, 0.1) is 17.8 Å². The summed E-state index contributed by atoms with van der Waals surface area (Å²) < 4.78 is 0. The molecule has 15 heavy (non-hydrogen) atoms. The Bertz CT molecular complexity index is 229. The van der Waals surface area contributed by atoms with Crippen molar-refractivity contribution < 1.29 is 15.0 Å². The van der Waals surface area contributed by atoms with Crippen LogP contribution in [0.25, 0.3) is 0 Å². The van der Waals surface area contributed by atoms with Gasteiger partial charge in [-0.15, -0.1) is 0 Å². The lowest BCUT2D eigenvalue weighted by molar-refractivity contribution is -0.134. The molecule has 0 heterocycles. The lowest BCUT2D eigenvalue weighted by Gasteiger charge is -2.31. The average molecular weight is 214 g/mol. The van der Waals surface area contributed by atoms with Gasteiger partial charge in [0.15, 0.2) is 0 Å². The minimum absolute atomic E-state index is 0.339. The molecule has 0 radical (unpaired) electrons. The molecular weight excluding hydrogens is 192 g/mol. The predicted octanol–water partition coefficient (Wildman–Crippen LogP) is 2.31. The number of aliphatic hydroxyl groups excluding tert-OH is 1. The zero-order valence-corrected chi connectivity index (χ0v) is 10.0. The first-order valence-corrected chi connectivity index (χ1v) is 5.36. The molecule has 3 atom stereocenters. The number of carboxylic acid groups (broad SMARTS) is 1. The fourth-order valence-corrected chi connectivity index (χ4v) is 2.16. The molecule has 0 aromatic carbocycles. The molecule has 0 saturated heterocycles. The Kier molecular flexibility index (Phi) is 6.25. The number of aliphatic carboxylic acids is 1. The Balaban J connectivity index is 0.000000423. The first kappa shape index (κ1) is 14.2. The standard InChI is InChI=1S/C10H18O.C2H4O2/c1-7-4-8(2)10(6-11)9(3)5-7;1-2(3)4/h4,8-11H,5-6H2,1-3H3;1H3,(H,3,4). The van der Waals surface area contributed by atoms with Gasteiger partial charge in [0, 0.05) is 13.5 Å². The molecule has 0 aromatic heterocycles. The van der Waals surface area contributed by atoms with E-state index in [1.807, 2.05) is 0 Å². The van der Waals surface area contributed by atoms with Gasteiger partial charge in [-0.3, -0.25) is 4.79 Å². The largest absolute Gasteiger partial charge is 0.481 e. The van der Waals surface area contributed by atoms with Gasteiger partial charge in [-0.25, -0.2) is 0 Å². The van der Waals surface area contributed by atoms with Crippen LogP contribution in [-0.2, 0) is 4.79 Å². The summed E-state index contributed by atoms with van der Waals surface area (Å²) in [4.78, 5) is 9.00. The summed E-state index contributed by atoms with van der Waals surface area (Å²) in [6, 6.07) is 0. The number of rotatable bonds is 1. The minimum Gasteiger partial charge on any atom is -0.481 e. The third kappa shape index (κ3) is 5.57. The molecule has 2 N–H and O–H groups in total. The van der Waals surface area contributed by atoms with Crippen molar-refractivity contribution in [3.63, 3.8) is 0 Å². The lowest BCUT2D eigenvalue weighted by Crippen LogP contribution is -2.26. The van der Waals surface area contributed by atoms with E-state index < -0.39 is 5.97 Å². The smallest absolute Gasteiger partial charge is 0.300 e. The number of hydrogen-bond acceptors (Lipinski definition) is 2. The summed E-state index contributed by atoms with van der Waals surface area (Å²) >= 11 is 0. The Morgan fingerprint density at radius 3 is 2.33 bits per heavy atom. The van der Waals surface area contributed by atoms with E-state index in [1.165, 1.54) is 5.57 Å². The minimum atomic E-state index is -0.833. The highest BCUT2D eigenvalue weighted by molar-refractivity contribution is 5.62. The summed E-state index contributed by atoms with van der Waals surface area (Å²) in [5.41, 5.74) is 1.48. The first-order chi connectivity index (χ1) is 6.88. The molecule has 0 aromatic rings. The van der Waals surface area contributed by atoms with Gasteiger partial charge in [0.2, 0.25) is 0 Å². The van der Waals surface area contributed by atoms with Crippen LogP contribution in [0.4, 0.5) is 0 Å². The van der Waals surface area contributed by atoms with Crippen LogP contribution in [-0.4, -0.2) is 22.8 Å². The van der Waals surface area contributed by atoms with Crippen LogP contribution in [0.15, 0.2) is 11.6 Å². The number of carbonyl (C=O) groups is 1. The van der Waals surface area contributed by atoms with Crippen molar-refractivity contribution in [1.82, 2.24) is 0 Å². The fourth-order valence-electron chi connectivity index (χ4n) is 2.16. The second-order valence-electron chi connectivity index (χ2n) is 4.42. The van der Waals surface area contributed by atoms with Crippen LogP contribution in [0.2, 0.25) is 0 Å². The maximum Gasteiger partial charge on any atom is 0.300 e. The molecule has 88 valence electrons. The van der Waals surface area contributed by atoms with E-state index in [-0.39, 0.29) is 0 Å². The van der Waals surface area contributed by atoms with Crippen LogP contribution in [0.5, 0.6) is 0 Å². The van der Waals surface area contributed by atoms with Gasteiger partial charge >= 0.3 is 0 Å². The van der Waals surface area contributed by atoms with E-state index in [0.717, 1.165) is 13.3 Å². The number of allylic oxidation sites excluding steroid dienone is 2. The summed E-state index contributed by atoms with van der Waals surface area (Å²) in [6.07, 6.45) is 3.45. The summed E-state index contributed by atoms with van der Waals surface area (Å²) in [6.45, 7) is 8.03. The molecule has 0 saturated carbocycles. The lowest BCUT2D eigenvalue weighted by atomic mass is 9.75. The highest BCUT2D eigenvalue weighted by Crippen LogP contribution is 2.32.